The van der Waals surface area contributed by atoms with E-state index in [0.29, 0.717) is 22.8 Å². The molecule has 1 aromatic heterocycles. The van der Waals surface area contributed by atoms with Crippen molar-refractivity contribution in [2.75, 3.05) is 28.4 Å². The summed E-state index contributed by atoms with van der Waals surface area (Å²) in [6, 6.07) is 7.23. The normalized spacial score (nSPS) is 10.5. The molecular formula is C20H18N2O7. The Hall–Kier alpha value is -3.88. The van der Waals surface area contributed by atoms with Gasteiger partial charge in [-0.15, -0.1) is 0 Å². The number of fused-ring (bicyclic) bond motifs is 1. The standard InChI is InChI=1S/C20H18N2O7/c1-26-14-8-11(9-15(27-2)18(14)28-3)17(23)16-19(29-4)22-12-6-5-10(20(24)25)7-13(12)21-16/h5-9H,1-4H3,(H,24,25). The predicted octanol–water partition coefficient (Wildman–Crippen LogP) is 2.59. The minimum atomic E-state index is -1.11. The molecule has 0 saturated carbocycles. The minimum Gasteiger partial charge on any atom is -0.493 e. The molecule has 0 atom stereocenters. The molecular weight excluding hydrogens is 380 g/mol. The summed E-state index contributed by atoms with van der Waals surface area (Å²) in [4.78, 5) is 33.0. The first-order chi connectivity index (χ1) is 13.9. The van der Waals surface area contributed by atoms with Crippen molar-refractivity contribution in [2.24, 2.45) is 0 Å². The highest BCUT2D eigenvalue weighted by Crippen LogP contribution is 2.39. The molecule has 9 heteroatoms. The molecule has 0 saturated heterocycles. The lowest BCUT2D eigenvalue weighted by Crippen LogP contribution is -2.10. The van der Waals surface area contributed by atoms with Crippen LogP contribution in [0.1, 0.15) is 26.4 Å². The molecule has 0 bridgehead atoms. The summed E-state index contributed by atoms with van der Waals surface area (Å²) in [6.45, 7) is 0. The Bertz CT molecular complexity index is 1090. The van der Waals surface area contributed by atoms with Crippen molar-refractivity contribution in [1.29, 1.82) is 0 Å². The lowest BCUT2D eigenvalue weighted by Gasteiger charge is -2.14. The minimum absolute atomic E-state index is 0.0133. The van der Waals surface area contributed by atoms with Crippen molar-refractivity contribution >= 4 is 22.8 Å². The number of benzene rings is 2. The summed E-state index contributed by atoms with van der Waals surface area (Å²) in [5.41, 5.74) is 0.815. The molecule has 0 spiro atoms. The second kappa shape index (κ2) is 8.01. The first kappa shape index (κ1) is 19.9. The van der Waals surface area contributed by atoms with Crippen LogP contribution >= 0.6 is 0 Å². The van der Waals surface area contributed by atoms with E-state index in [1.54, 1.807) is 0 Å². The van der Waals surface area contributed by atoms with Gasteiger partial charge in [0.05, 0.1) is 45.0 Å². The first-order valence-electron chi connectivity index (χ1n) is 8.37. The quantitative estimate of drug-likeness (QED) is 0.599. The maximum atomic E-state index is 13.2. The fraction of sp³-hybridized carbons (Fsp3) is 0.200. The molecule has 3 rings (SSSR count). The Morgan fingerprint density at radius 2 is 1.45 bits per heavy atom. The van der Waals surface area contributed by atoms with E-state index >= 15 is 0 Å². The number of hydrogen-bond acceptors (Lipinski definition) is 8. The van der Waals surface area contributed by atoms with Crippen LogP contribution in [0, 0.1) is 0 Å². The van der Waals surface area contributed by atoms with E-state index in [1.807, 2.05) is 0 Å². The Balaban J connectivity index is 2.18. The molecule has 0 fully saturated rings. The SMILES string of the molecule is COc1cc(C(=O)c2nc3cc(C(=O)O)ccc3nc2OC)cc(OC)c1OC. The van der Waals surface area contributed by atoms with Crippen LogP contribution in [-0.4, -0.2) is 55.3 Å². The molecule has 1 N–H and O–H groups in total. The van der Waals surface area contributed by atoms with Crippen LogP contribution < -0.4 is 18.9 Å². The molecule has 1 heterocycles. The van der Waals surface area contributed by atoms with Crippen LogP contribution in [0.15, 0.2) is 30.3 Å². The van der Waals surface area contributed by atoms with Crippen LogP contribution in [-0.2, 0) is 0 Å². The number of methoxy groups -OCH3 is 4. The number of aromatic nitrogens is 2. The number of ether oxygens (including phenoxy) is 4. The first-order valence-corrected chi connectivity index (χ1v) is 8.37. The zero-order valence-electron chi connectivity index (χ0n) is 16.2. The second-order valence-electron chi connectivity index (χ2n) is 5.83. The maximum absolute atomic E-state index is 13.2. The van der Waals surface area contributed by atoms with Crippen LogP contribution in [0.5, 0.6) is 23.1 Å². The molecule has 0 aliphatic heterocycles. The largest absolute Gasteiger partial charge is 0.493 e. The van der Waals surface area contributed by atoms with Gasteiger partial charge in [-0.2, -0.15) is 0 Å². The van der Waals surface area contributed by atoms with Gasteiger partial charge in [0.2, 0.25) is 17.4 Å². The van der Waals surface area contributed by atoms with E-state index in [0.717, 1.165) is 0 Å². The fourth-order valence-electron chi connectivity index (χ4n) is 2.81. The highest BCUT2D eigenvalue weighted by molar-refractivity contribution is 6.10. The van der Waals surface area contributed by atoms with Gasteiger partial charge >= 0.3 is 5.97 Å². The molecule has 3 aromatic rings. The summed E-state index contributed by atoms with van der Waals surface area (Å²) in [5, 5.41) is 9.19. The topological polar surface area (TPSA) is 117 Å². The molecule has 29 heavy (non-hydrogen) atoms. The van der Waals surface area contributed by atoms with Crippen molar-refractivity contribution < 1.29 is 33.6 Å². The van der Waals surface area contributed by atoms with E-state index in [1.165, 1.54) is 58.8 Å². The van der Waals surface area contributed by atoms with Crippen molar-refractivity contribution in [3.05, 3.63) is 47.2 Å². The Morgan fingerprint density at radius 3 is 1.97 bits per heavy atom. The summed E-state index contributed by atoms with van der Waals surface area (Å²) in [7, 11) is 5.71. The summed E-state index contributed by atoms with van der Waals surface area (Å²) in [6.07, 6.45) is 0. The van der Waals surface area contributed by atoms with Gasteiger partial charge in [0.25, 0.3) is 0 Å². The molecule has 0 radical (unpaired) electrons. The average molecular weight is 398 g/mol. The Kier molecular flexibility index (Phi) is 5.49. The van der Waals surface area contributed by atoms with Crippen LogP contribution in [0.2, 0.25) is 0 Å². The number of carbonyl (C=O) groups is 2. The van der Waals surface area contributed by atoms with Crippen molar-refractivity contribution in [1.82, 2.24) is 9.97 Å². The van der Waals surface area contributed by atoms with Gasteiger partial charge < -0.3 is 24.1 Å². The summed E-state index contributed by atoms with van der Waals surface area (Å²) >= 11 is 0. The second-order valence-corrected chi connectivity index (χ2v) is 5.83. The zero-order chi connectivity index (χ0) is 21.1. The Morgan fingerprint density at radius 1 is 0.793 bits per heavy atom. The van der Waals surface area contributed by atoms with Crippen LogP contribution in [0.3, 0.4) is 0 Å². The molecule has 0 aliphatic carbocycles. The molecule has 9 nitrogen and oxygen atoms in total. The smallest absolute Gasteiger partial charge is 0.335 e. The Labute approximate surface area is 165 Å². The summed E-state index contributed by atoms with van der Waals surface area (Å²) in [5.74, 6) is -0.654. The highest BCUT2D eigenvalue weighted by Gasteiger charge is 2.23. The average Bonchev–Trinajstić information content (AvgIpc) is 2.75. The number of carboxylic acids is 1. The molecule has 0 amide bonds. The van der Waals surface area contributed by atoms with E-state index in [2.05, 4.69) is 9.97 Å². The van der Waals surface area contributed by atoms with Gasteiger partial charge in [-0.25, -0.2) is 14.8 Å². The number of ketones is 1. The molecule has 2 aromatic carbocycles. The number of rotatable bonds is 7. The van der Waals surface area contributed by atoms with Gasteiger partial charge in [0.1, 0.15) is 0 Å². The maximum Gasteiger partial charge on any atom is 0.335 e. The fourth-order valence-corrected chi connectivity index (χ4v) is 2.81. The molecule has 0 unspecified atom stereocenters. The lowest BCUT2D eigenvalue weighted by molar-refractivity contribution is 0.0697. The van der Waals surface area contributed by atoms with Crippen molar-refractivity contribution in [3.8, 4) is 23.1 Å². The van der Waals surface area contributed by atoms with Gasteiger partial charge in [0.15, 0.2) is 17.2 Å². The van der Waals surface area contributed by atoms with Crippen LogP contribution in [0.4, 0.5) is 0 Å². The molecule has 0 aliphatic rings. The van der Waals surface area contributed by atoms with Gasteiger partial charge in [-0.3, -0.25) is 4.79 Å². The van der Waals surface area contributed by atoms with E-state index < -0.39 is 11.8 Å². The number of hydrogen-bond donors (Lipinski definition) is 1. The van der Waals surface area contributed by atoms with Crippen molar-refractivity contribution in [3.63, 3.8) is 0 Å². The highest BCUT2D eigenvalue weighted by atomic mass is 16.5. The lowest BCUT2D eigenvalue weighted by atomic mass is 10.1. The zero-order valence-corrected chi connectivity index (χ0v) is 16.2. The van der Waals surface area contributed by atoms with E-state index in [4.69, 9.17) is 18.9 Å². The predicted molar refractivity (Wildman–Crippen MR) is 103 cm³/mol. The summed E-state index contributed by atoms with van der Waals surface area (Å²) < 4.78 is 21.1. The van der Waals surface area contributed by atoms with Gasteiger partial charge in [-0.1, -0.05) is 0 Å². The number of carbonyl (C=O) groups excluding carboxylic acids is 1. The number of nitrogens with zero attached hydrogens (tertiary/aromatic N) is 2. The number of carboxylic acid groups (broad SMARTS) is 1. The third-order valence-electron chi connectivity index (χ3n) is 4.21. The van der Waals surface area contributed by atoms with E-state index in [-0.39, 0.29) is 28.2 Å². The third kappa shape index (κ3) is 3.62. The van der Waals surface area contributed by atoms with Crippen LogP contribution in [0.25, 0.3) is 11.0 Å². The van der Waals surface area contributed by atoms with E-state index in [9.17, 15) is 14.7 Å². The third-order valence-corrected chi connectivity index (χ3v) is 4.21. The monoisotopic (exact) mass is 398 g/mol. The van der Waals surface area contributed by atoms with Gasteiger partial charge in [-0.05, 0) is 30.3 Å². The van der Waals surface area contributed by atoms with Gasteiger partial charge in [0, 0.05) is 5.56 Å². The van der Waals surface area contributed by atoms with Crippen molar-refractivity contribution in [2.45, 2.75) is 0 Å². The number of aromatic carboxylic acids is 1. The molecule has 150 valence electrons.